The van der Waals surface area contributed by atoms with Crippen LogP contribution >= 0.6 is 23.8 Å². The van der Waals surface area contributed by atoms with E-state index in [4.69, 9.17) is 43.8 Å². The average Bonchev–Trinajstić information content (AvgIpc) is 2.65. The van der Waals surface area contributed by atoms with Gasteiger partial charge in [0.25, 0.3) is 0 Å². The molecular formula is C19H22ClN3O3S. The van der Waals surface area contributed by atoms with Gasteiger partial charge in [0, 0.05) is 7.05 Å². The Morgan fingerprint density at radius 3 is 2.52 bits per heavy atom. The molecule has 0 heterocycles. The van der Waals surface area contributed by atoms with Crippen LogP contribution in [0.4, 0.5) is 0 Å². The summed E-state index contributed by atoms with van der Waals surface area (Å²) in [4.78, 5) is 0. The predicted octanol–water partition coefficient (Wildman–Crippen LogP) is 3.62. The largest absolute Gasteiger partial charge is 0.493 e. The third-order valence-corrected chi connectivity index (χ3v) is 4.12. The van der Waals surface area contributed by atoms with Crippen molar-refractivity contribution in [2.45, 2.75) is 6.92 Å². The van der Waals surface area contributed by atoms with Gasteiger partial charge in [0.15, 0.2) is 16.6 Å². The first-order chi connectivity index (χ1) is 12.9. The number of hydrogen-bond acceptors (Lipinski definition) is 5. The smallest absolute Gasteiger partial charge is 0.186 e. The molecule has 0 spiro atoms. The number of hydrogen-bond donors (Lipinski definition) is 1. The SMILES string of the molecule is COc1cc(C=NN(C)C(N)=S)cc(Cl)c1OCCOc1ccc(C)cc1. The number of methoxy groups -OCH3 is 1. The van der Waals surface area contributed by atoms with Crippen molar-refractivity contribution in [2.75, 3.05) is 27.4 Å². The maximum Gasteiger partial charge on any atom is 0.186 e. The molecule has 0 aliphatic heterocycles. The van der Waals surface area contributed by atoms with Crippen molar-refractivity contribution in [3.8, 4) is 17.2 Å². The molecule has 0 bridgehead atoms. The van der Waals surface area contributed by atoms with Gasteiger partial charge in [-0.2, -0.15) is 5.10 Å². The molecule has 0 fully saturated rings. The lowest BCUT2D eigenvalue weighted by atomic mass is 10.2. The van der Waals surface area contributed by atoms with Crippen molar-refractivity contribution in [1.29, 1.82) is 0 Å². The van der Waals surface area contributed by atoms with E-state index in [9.17, 15) is 0 Å². The first kappa shape index (κ1) is 20.8. The number of hydrazone groups is 1. The number of halogens is 1. The Labute approximate surface area is 169 Å². The number of nitrogens with zero attached hydrogens (tertiary/aromatic N) is 2. The summed E-state index contributed by atoms with van der Waals surface area (Å²) in [5.74, 6) is 1.74. The van der Waals surface area contributed by atoms with E-state index in [2.05, 4.69) is 5.10 Å². The van der Waals surface area contributed by atoms with Gasteiger partial charge in [0.05, 0.1) is 18.3 Å². The Bertz CT molecular complexity index is 813. The first-order valence-electron chi connectivity index (χ1n) is 8.17. The molecule has 2 rings (SSSR count). The van der Waals surface area contributed by atoms with Crippen molar-refractivity contribution < 1.29 is 14.2 Å². The van der Waals surface area contributed by atoms with E-state index < -0.39 is 0 Å². The van der Waals surface area contributed by atoms with Gasteiger partial charge >= 0.3 is 0 Å². The third-order valence-electron chi connectivity index (χ3n) is 3.57. The lowest BCUT2D eigenvalue weighted by Gasteiger charge is -2.14. The molecule has 0 saturated carbocycles. The summed E-state index contributed by atoms with van der Waals surface area (Å²) in [6, 6.07) is 11.3. The highest BCUT2D eigenvalue weighted by Gasteiger charge is 2.12. The van der Waals surface area contributed by atoms with Gasteiger partial charge in [-0.1, -0.05) is 29.3 Å². The van der Waals surface area contributed by atoms with E-state index in [1.54, 1.807) is 32.5 Å². The Morgan fingerprint density at radius 1 is 1.22 bits per heavy atom. The highest BCUT2D eigenvalue weighted by atomic mass is 35.5. The fourth-order valence-corrected chi connectivity index (χ4v) is 2.42. The van der Waals surface area contributed by atoms with E-state index in [0.717, 1.165) is 11.3 Å². The van der Waals surface area contributed by atoms with Gasteiger partial charge in [-0.25, -0.2) is 5.01 Å². The molecule has 0 aliphatic carbocycles. The van der Waals surface area contributed by atoms with E-state index in [1.807, 2.05) is 31.2 Å². The van der Waals surface area contributed by atoms with Crippen LogP contribution in [-0.2, 0) is 0 Å². The van der Waals surface area contributed by atoms with Crippen LogP contribution in [0, 0.1) is 6.92 Å². The Kier molecular flexibility index (Phi) is 7.69. The number of aryl methyl sites for hydroxylation is 1. The lowest BCUT2D eigenvalue weighted by Crippen LogP contribution is -2.27. The Balaban J connectivity index is 1.99. The molecule has 27 heavy (non-hydrogen) atoms. The highest BCUT2D eigenvalue weighted by molar-refractivity contribution is 7.80. The number of rotatable bonds is 8. The van der Waals surface area contributed by atoms with Crippen molar-refractivity contribution >= 4 is 35.1 Å². The first-order valence-corrected chi connectivity index (χ1v) is 8.96. The monoisotopic (exact) mass is 407 g/mol. The highest BCUT2D eigenvalue weighted by Crippen LogP contribution is 2.36. The molecule has 2 aromatic rings. The molecule has 0 aromatic heterocycles. The third kappa shape index (κ3) is 6.30. The second-order valence-corrected chi connectivity index (χ2v) is 6.48. The van der Waals surface area contributed by atoms with Crippen LogP contribution in [0.15, 0.2) is 41.5 Å². The van der Waals surface area contributed by atoms with E-state index >= 15 is 0 Å². The standard InChI is InChI=1S/C19H22ClN3O3S/c1-13-4-6-15(7-5-13)25-8-9-26-18-16(20)10-14(11-17(18)24-3)12-22-23(2)19(21)27/h4-7,10-12H,8-9H2,1-3H3,(H2,21,27). The van der Waals surface area contributed by atoms with Gasteiger partial charge in [-0.15, -0.1) is 0 Å². The van der Waals surface area contributed by atoms with Crippen LogP contribution in [0.1, 0.15) is 11.1 Å². The number of nitrogens with two attached hydrogens (primary N) is 1. The summed E-state index contributed by atoms with van der Waals surface area (Å²) < 4.78 is 16.8. The summed E-state index contributed by atoms with van der Waals surface area (Å²) in [6.45, 7) is 2.73. The summed E-state index contributed by atoms with van der Waals surface area (Å²) in [5, 5.41) is 6.07. The molecule has 6 nitrogen and oxygen atoms in total. The van der Waals surface area contributed by atoms with Crippen molar-refractivity contribution in [2.24, 2.45) is 10.8 Å². The molecule has 0 saturated heterocycles. The second-order valence-electron chi connectivity index (χ2n) is 5.65. The zero-order valence-electron chi connectivity index (χ0n) is 15.4. The topological polar surface area (TPSA) is 69.3 Å². The van der Waals surface area contributed by atoms with Crippen LogP contribution in [0.3, 0.4) is 0 Å². The van der Waals surface area contributed by atoms with Crippen LogP contribution < -0.4 is 19.9 Å². The van der Waals surface area contributed by atoms with Crippen molar-refractivity contribution in [3.05, 3.63) is 52.5 Å². The van der Waals surface area contributed by atoms with E-state index in [-0.39, 0.29) is 5.11 Å². The molecule has 0 atom stereocenters. The molecule has 0 radical (unpaired) electrons. The van der Waals surface area contributed by atoms with Crippen LogP contribution in [-0.4, -0.2) is 43.7 Å². The predicted molar refractivity (Wildman–Crippen MR) is 112 cm³/mol. The molecule has 0 aliphatic rings. The normalized spacial score (nSPS) is 10.7. The van der Waals surface area contributed by atoms with E-state index in [1.165, 1.54) is 10.6 Å². The van der Waals surface area contributed by atoms with Crippen LogP contribution in [0.25, 0.3) is 0 Å². The number of thiocarbonyl (C=S) groups is 1. The molecule has 8 heteroatoms. The van der Waals surface area contributed by atoms with Crippen molar-refractivity contribution in [3.63, 3.8) is 0 Å². The van der Waals surface area contributed by atoms with Gasteiger partial charge in [-0.3, -0.25) is 0 Å². The number of benzene rings is 2. The quantitative estimate of drug-likeness (QED) is 0.312. The molecule has 0 amide bonds. The molecular weight excluding hydrogens is 386 g/mol. The van der Waals surface area contributed by atoms with Gasteiger partial charge in [-0.05, 0) is 49.0 Å². The lowest BCUT2D eigenvalue weighted by molar-refractivity contribution is 0.211. The zero-order valence-corrected chi connectivity index (χ0v) is 17.0. The van der Waals surface area contributed by atoms with E-state index in [0.29, 0.717) is 29.7 Å². The summed E-state index contributed by atoms with van der Waals surface area (Å²) in [5.41, 5.74) is 7.39. The Hall–Kier alpha value is -2.51. The van der Waals surface area contributed by atoms with Crippen molar-refractivity contribution in [1.82, 2.24) is 5.01 Å². The summed E-state index contributed by atoms with van der Waals surface area (Å²) >= 11 is 11.2. The van der Waals surface area contributed by atoms with Crippen LogP contribution in [0.2, 0.25) is 5.02 Å². The average molecular weight is 408 g/mol. The van der Waals surface area contributed by atoms with Gasteiger partial charge < -0.3 is 19.9 Å². The minimum absolute atomic E-state index is 0.165. The second kappa shape index (κ2) is 9.99. The molecule has 0 unspecified atom stereocenters. The molecule has 144 valence electrons. The van der Waals surface area contributed by atoms with Crippen LogP contribution in [0.5, 0.6) is 17.2 Å². The maximum atomic E-state index is 6.33. The minimum atomic E-state index is 0.165. The number of ether oxygens (including phenoxy) is 3. The minimum Gasteiger partial charge on any atom is -0.493 e. The van der Waals surface area contributed by atoms with Gasteiger partial charge in [0.2, 0.25) is 0 Å². The summed E-state index contributed by atoms with van der Waals surface area (Å²) in [6.07, 6.45) is 1.58. The maximum absolute atomic E-state index is 6.33. The zero-order chi connectivity index (χ0) is 19.8. The Morgan fingerprint density at radius 2 is 1.89 bits per heavy atom. The fourth-order valence-electron chi connectivity index (χ4n) is 2.10. The summed E-state index contributed by atoms with van der Waals surface area (Å²) in [7, 11) is 3.20. The molecule has 2 N–H and O–H groups in total. The van der Waals surface area contributed by atoms with Gasteiger partial charge in [0.1, 0.15) is 19.0 Å². The molecule has 2 aromatic carbocycles. The fraction of sp³-hybridized carbons (Fsp3) is 0.263.